The predicted octanol–water partition coefficient (Wildman–Crippen LogP) is 3.58. The van der Waals surface area contributed by atoms with Crippen LogP contribution in [0.15, 0.2) is 6.20 Å². The van der Waals surface area contributed by atoms with Crippen LogP contribution in [0.2, 0.25) is 0 Å². The molecule has 0 atom stereocenters. The summed E-state index contributed by atoms with van der Waals surface area (Å²) in [6.07, 6.45) is 4.58. The van der Waals surface area contributed by atoms with E-state index in [0.29, 0.717) is 5.41 Å². The Labute approximate surface area is 122 Å². The van der Waals surface area contributed by atoms with E-state index in [0.717, 1.165) is 11.3 Å². The molecule has 1 aliphatic rings. The molecule has 1 N–H and O–H groups in total. The summed E-state index contributed by atoms with van der Waals surface area (Å²) < 4.78 is 3.19. The molecular formula is C15H27N3S. The molecule has 2 rings (SSSR count). The lowest BCUT2D eigenvalue weighted by Gasteiger charge is -2.39. The van der Waals surface area contributed by atoms with Gasteiger partial charge in [0.2, 0.25) is 0 Å². The van der Waals surface area contributed by atoms with Gasteiger partial charge >= 0.3 is 0 Å². The van der Waals surface area contributed by atoms with Gasteiger partial charge in [0.25, 0.3) is 0 Å². The zero-order chi connectivity index (χ0) is 14.3. The van der Waals surface area contributed by atoms with Crippen molar-refractivity contribution in [3.8, 4) is 0 Å². The minimum atomic E-state index is 0.134. The topological polar surface area (TPSA) is 24.0 Å². The third-order valence-electron chi connectivity index (χ3n) is 4.37. The largest absolute Gasteiger partial charge is 0.337 e. The lowest BCUT2D eigenvalue weighted by Crippen LogP contribution is -2.39. The van der Waals surface area contributed by atoms with Crippen LogP contribution in [0.3, 0.4) is 0 Å². The van der Waals surface area contributed by atoms with E-state index < -0.39 is 0 Å². The Bertz CT molecular complexity index is 484. The monoisotopic (exact) mass is 281 g/mol. The van der Waals surface area contributed by atoms with Crippen LogP contribution < -0.4 is 0 Å². The second kappa shape index (κ2) is 5.06. The van der Waals surface area contributed by atoms with Crippen LogP contribution in [0.25, 0.3) is 0 Å². The van der Waals surface area contributed by atoms with E-state index in [1.54, 1.807) is 0 Å². The Morgan fingerprint density at radius 1 is 1.32 bits per heavy atom. The molecule has 1 saturated heterocycles. The molecule has 0 aliphatic carbocycles. The SMILES string of the molecule is CN1CCC(C)(Cn2c(C(C)(C)C)c[nH]c2=S)CC1. The fourth-order valence-electron chi connectivity index (χ4n) is 2.87. The van der Waals surface area contributed by atoms with Gasteiger partial charge in [-0.05, 0) is 50.6 Å². The summed E-state index contributed by atoms with van der Waals surface area (Å²) in [4.78, 5) is 5.65. The van der Waals surface area contributed by atoms with Crippen molar-refractivity contribution in [2.24, 2.45) is 5.41 Å². The van der Waals surface area contributed by atoms with Gasteiger partial charge in [-0.3, -0.25) is 0 Å². The van der Waals surface area contributed by atoms with Gasteiger partial charge in [-0.25, -0.2) is 0 Å². The number of aromatic nitrogens is 2. The summed E-state index contributed by atoms with van der Waals surface area (Å²) >= 11 is 5.48. The third-order valence-corrected chi connectivity index (χ3v) is 4.71. The molecule has 3 nitrogen and oxygen atoms in total. The summed E-state index contributed by atoms with van der Waals surface area (Å²) in [5, 5.41) is 0. The number of rotatable bonds is 2. The molecule has 1 fully saturated rings. The first-order valence-electron chi connectivity index (χ1n) is 7.19. The van der Waals surface area contributed by atoms with Crippen LogP contribution >= 0.6 is 12.2 Å². The molecule has 0 spiro atoms. The lowest BCUT2D eigenvalue weighted by molar-refractivity contribution is 0.118. The minimum absolute atomic E-state index is 0.134. The van der Waals surface area contributed by atoms with Crippen molar-refractivity contribution in [2.45, 2.75) is 52.5 Å². The molecule has 0 amide bonds. The fraction of sp³-hybridized carbons (Fsp3) is 0.800. The smallest absolute Gasteiger partial charge is 0.177 e. The van der Waals surface area contributed by atoms with E-state index >= 15 is 0 Å². The van der Waals surface area contributed by atoms with Gasteiger partial charge < -0.3 is 14.5 Å². The molecule has 0 unspecified atom stereocenters. The molecule has 19 heavy (non-hydrogen) atoms. The predicted molar refractivity (Wildman–Crippen MR) is 83.2 cm³/mol. The number of hydrogen-bond donors (Lipinski definition) is 1. The van der Waals surface area contributed by atoms with Gasteiger partial charge in [-0.2, -0.15) is 0 Å². The first-order valence-corrected chi connectivity index (χ1v) is 7.59. The molecular weight excluding hydrogens is 254 g/mol. The molecule has 4 heteroatoms. The highest BCUT2D eigenvalue weighted by Crippen LogP contribution is 2.34. The quantitative estimate of drug-likeness (QED) is 0.838. The Kier molecular flexibility index (Phi) is 3.94. The number of H-pyrrole nitrogens is 1. The first kappa shape index (κ1) is 14.8. The lowest BCUT2D eigenvalue weighted by atomic mass is 9.80. The van der Waals surface area contributed by atoms with Gasteiger partial charge in [0, 0.05) is 23.9 Å². The highest BCUT2D eigenvalue weighted by atomic mass is 32.1. The number of likely N-dealkylation sites (tertiary alicyclic amines) is 1. The van der Waals surface area contributed by atoms with Gasteiger partial charge in [0.05, 0.1) is 0 Å². The summed E-state index contributed by atoms with van der Waals surface area (Å²) in [6, 6.07) is 0. The summed E-state index contributed by atoms with van der Waals surface area (Å²) in [7, 11) is 2.21. The fourth-order valence-corrected chi connectivity index (χ4v) is 3.09. The molecule has 1 aliphatic heterocycles. The van der Waals surface area contributed by atoms with Crippen molar-refractivity contribution in [1.29, 1.82) is 0 Å². The van der Waals surface area contributed by atoms with Crippen molar-refractivity contribution in [3.63, 3.8) is 0 Å². The first-order chi connectivity index (χ1) is 8.71. The average Bonchev–Trinajstić information content (AvgIpc) is 2.65. The van der Waals surface area contributed by atoms with Crippen LogP contribution in [0.5, 0.6) is 0 Å². The van der Waals surface area contributed by atoms with Crippen molar-refractivity contribution < 1.29 is 0 Å². The van der Waals surface area contributed by atoms with Crippen LogP contribution in [-0.4, -0.2) is 34.6 Å². The Morgan fingerprint density at radius 3 is 2.42 bits per heavy atom. The Morgan fingerprint density at radius 2 is 1.89 bits per heavy atom. The summed E-state index contributed by atoms with van der Waals surface area (Å²) in [5.74, 6) is 0. The van der Waals surface area contributed by atoms with Crippen molar-refractivity contribution >= 4 is 12.2 Å². The highest BCUT2D eigenvalue weighted by molar-refractivity contribution is 7.71. The number of piperidine rings is 1. The number of imidazole rings is 1. The molecule has 0 aromatic carbocycles. The molecule has 2 heterocycles. The third kappa shape index (κ3) is 3.29. The van der Waals surface area contributed by atoms with E-state index in [1.807, 2.05) is 0 Å². The molecule has 1 aromatic rings. The minimum Gasteiger partial charge on any atom is -0.337 e. The standard InChI is InChI=1S/C15H27N3S/c1-14(2,3)12-10-16-13(19)18(12)11-15(4)6-8-17(5)9-7-15/h10H,6-9,11H2,1-5H3,(H,16,19). The maximum absolute atomic E-state index is 5.48. The van der Waals surface area contributed by atoms with Gasteiger partial charge in [-0.15, -0.1) is 0 Å². The van der Waals surface area contributed by atoms with Crippen LogP contribution in [0.4, 0.5) is 0 Å². The number of nitrogens with zero attached hydrogens (tertiary/aromatic N) is 2. The van der Waals surface area contributed by atoms with E-state index in [9.17, 15) is 0 Å². The zero-order valence-electron chi connectivity index (χ0n) is 12.9. The highest BCUT2D eigenvalue weighted by Gasteiger charge is 2.31. The molecule has 108 valence electrons. The van der Waals surface area contributed by atoms with E-state index in [1.165, 1.54) is 31.6 Å². The van der Waals surface area contributed by atoms with E-state index in [2.05, 4.69) is 55.4 Å². The van der Waals surface area contributed by atoms with Gasteiger partial charge in [0.15, 0.2) is 4.77 Å². The van der Waals surface area contributed by atoms with Gasteiger partial charge in [0.1, 0.15) is 0 Å². The van der Waals surface area contributed by atoms with Gasteiger partial charge in [-0.1, -0.05) is 27.7 Å². The van der Waals surface area contributed by atoms with Crippen molar-refractivity contribution in [3.05, 3.63) is 16.7 Å². The van der Waals surface area contributed by atoms with Crippen LogP contribution in [0.1, 0.15) is 46.2 Å². The summed E-state index contributed by atoms with van der Waals surface area (Å²) in [6.45, 7) is 12.6. The van der Waals surface area contributed by atoms with Crippen LogP contribution in [-0.2, 0) is 12.0 Å². The Balaban J connectivity index is 2.24. The zero-order valence-corrected chi connectivity index (χ0v) is 13.7. The number of nitrogens with one attached hydrogen (secondary N) is 1. The van der Waals surface area contributed by atoms with Crippen LogP contribution in [0, 0.1) is 10.2 Å². The summed E-state index contributed by atoms with van der Waals surface area (Å²) in [5.41, 5.74) is 1.82. The van der Waals surface area contributed by atoms with E-state index in [-0.39, 0.29) is 5.41 Å². The van der Waals surface area contributed by atoms with Crippen molar-refractivity contribution in [2.75, 3.05) is 20.1 Å². The second-order valence-electron chi connectivity index (χ2n) is 7.43. The van der Waals surface area contributed by atoms with E-state index in [4.69, 9.17) is 12.2 Å². The molecule has 0 radical (unpaired) electrons. The molecule has 0 saturated carbocycles. The average molecular weight is 281 g/mol. The second-order valence-corrected chi connectivity index (χ2v) is 7.82. The number of aromatic amines is 1. The molecule has 1 aromatic heterocycles. The van der Waals surface area contributed by atoms with Crippen molar-refractivity contribution in [1.82, 2.24) is 14.5 Å². The normalized spacial score (nSPS) is 20.7. The molecule has 0 bridgehead atoms. The Hall–Kier alpha value is -0.610. The maximum atomic E-state index is 5.48. The maximum Gasteiger partial charge on any atom is 0.177 e. The number of hydrogen-bond acceptors (Lipinski definition) is 2.